The molecule has 2 aromatic rings. The Hall–Kier alpha value is -3.88. The number of halogens is 3. The molecular weight excluding hydrogens is 485 g/mol. The van der Waals surface area contributed by atoms with E-state index in [9.17, 15) is 27.6 Å². The van der Waals surface area contributed by atoms with Crippen LogP contribution >= 0.6 is 0 Å². The molecule has 3 rings (SSSR count). The maximum absolute atomic E-state index is 15.0. The summed E-state index contributed by atoms with van der Waals surface area (Å²) in [7, 11) is 1.58. The van der Waals surface area contributed by atoms with Crippen LogP contribution in [-0.2, 0) is 20.9 Å². The number of nitrogens with zero attached hydrogens (tertiary/aromatic N) is 6. The number of hydrogen-bond donors (Lipinski definition) is 2. The highest BCUT2D eigenvalue weighted by atomic mass is 19.3. The molecule has 1 aliphatic heterocycles. The molecule has 1 aliphatic rings. The van der Waals surface area contributed by atoms with Gasteiger partial charge in [0.2, 0.25) is 0 Å². The second-order valence-corrected chi connectivity index (χ2v) is 7.84. The van der Waals surface area contributed by atoms with Crippen molar-refractivity contribution in [3.05, 3.63) is 36.4 Å². The zero-order chi connectivity index (χ0) is 26.2. The van der Waals surface area contributed by atoms with Crippen molar-refractivity contribution in [1.82, 2.24) is 30.7 Å². The molecule has 1 atom stereocenters. The van der Waals surface area contributed by atoms with E-state index in [0.717, 1.165) is 0 Å². The summed E-state index contributed by atoms with van der Waals surface area (Å²) in [6.45, 7) is 2.77. The number of carbonyl (C=O) groups is 3. The van der Waals surface area contributed by atoms with Crippen LogP contribution in [0, 0.1) is 5.82 Å². The summed E-state index contributed by atoms with van der Waals surface area (Å²) < 4.78 is 46.1. The first-order valence-electron chi connectivity index (χ1n) is 11.1. The smallest absolute Gasteiger partial charge is 0.414 e. The molecule has 0 saturated carbocycles. The number of ether oxygens (including phenoxy) is 1. The van der Waals surface area contributed by atoms with Crippen LogP contribution in [0.15, 0.2) is 30.6 Å². The van der Waals surface area contributed by atoms with Crippen molar-refractivity contribution in [3.63, 3.8) is 0 Å². The van der Waals surface area contributed by atoms with Gasteiger partial charge in [-0.05, 0) is 25.1 Å². The molecule has 0 aliphatic carbocycles. The van der Waals surface area contributed by atoms with Gasteiger partial charge in [0, 0.05) is 32.9 Å². The van der Waals surface area contributed by atoms with Gasteiger partial charge in [0.05, 0.1) is 30.7 Å². The number of aromatic nitrogens is 3. The lowest BCUT2D eigenvalue weighted by Gasteiger charge is -2.26. The molecule has 0 spiro atoms. The van der Waals surface area contributed by atoms with E-state index in [1.54, 1.807) is 24.2 Å². The molecule has 1 saturated heterocycles. The second kappa shape index (κ2) is 12.2. The number of amides is 3. The van der Waals surface area contributed by atoms with Crippen LogP contribution in [0.5, 0.6) is 0 Å². The van der Waals surface area contributed by atoms with Crippen LogP contribution in [0.4, 0.5) is 29.3 Å². The highest BCUT2D eigenvalue weighted by Crippen LogP contribution is 2.27. The molecule has 1 fully saturated rings. The Morgan fingerprint density at radius 1 is 1.33 bits per heavy atom. The first-order valence-corrected chi connectivity index (χ1v) is 11.1. The SMILES string of the molecule is CCN(CCNN(C)C(=O)Cn1ccnn1)c1ccc(N2C[C@H](CNC(=O)C(F)F)OC2=O)cc1F. The third-order valence-corrected chi connectivity index (χ3v) is 5.42. The van der Waals surface area contributed by atoms with Crippen molar-refractivity contribution in [3.8, 4) is 0 Å². The quantitative estimate of drug-likeness (QED) is 0.397. The molecule has 0 bridgehead atoms. The summed E-state index contributed by atoms with van der Waals surface area (Å²) in [4.78, 5) is 38.3. The summed E-state index contributed by atoms with van der Waals surface area (Å²) in [6.07, 6.45) is -1.73. The zero-order valence-corrected chi connectivity index (χ0v) is 19.7. The van der Waals surface area contributed by atoms with Gasteiger partial charge in [-0.1, -0.05) is 5.21 Å². The fourth-order valence-electron chi connectivity index (χ4n) is 3.50. The Morgan fingerprint density at radius 3 is 2.75 bits per heavy atom. The molecule has 15 heteroatoms. The van der Waals surface area contributed by atoms with E-state index in [1.807, 2.05) is 12.2 Å². The number of hydrazine groups is 1. The highest BCUT2D eigenvalue weighted by Gasteiger charge is 2.33. The summed E-state index contributed by atoms with van der Waals surface area (Å²) in [5, 5.41) is 10.7. The molecule has 1 aromatic heterocycles. The van der Waals surface area contributed by atoms with Gasteiger partial charge in [-0.15, -0.1) is 5.10 Å². The van der Waals surface area contributed by atoms with Crippen molar-refractivity contribution in [2.24, 2.45) is 0 Å². The van der Waals surface area contributed by atoms with Crippen LogP contribution in [0.1, 0.15) is 6.92 Å². The second-order valence-electron chi connectivity index (χ2n) is 7.84. The van der Waals surface area contributed by atoms with E-state index in [2.05, 4.69) is 15.7 Å². The number of likely N-dealkylation sites (N-methyl/N-ethyl adjacent to an activating group) is 2. The number of anilines is 2. The molecule has 3 amide bonds. The van der Waals surface area contributed by atoms with E-state index in [4.69, 9.17) is 4.74 Å². The molecule has 2 heterocycles. The Morgan fingerprint density at radius 2 is 2.11 bits per heavy atom. The molecule has 36 heavy (non-hydrogen) atoms. The number of hydrogen-bond acceptors (Lipinski definition) is 8. The summed E-state index contributed by atoms with van der Waals surface area (Å²) in [5.41, 5.74) is 3.49. The molecule has 2 N–H and O–H groups in total. The number of rotatable bonds is 12. The normalized spacial score (nSPS) is 15.2. The molecular formula is C21H27F3N8O4. The summed E-state index contributed by atoms with van der Waals surface area (Å²) in [5.74, 6) is -2.27. The molecule has 0 radical (unpaired) electrons. The van der Waals surface area contributed by atoms with Gasteiger partial charge < -0.3 is 15.0 Å². The van der Waals surface area contributed by atoms with Gasteiger partial charge in [-0.2, -0.15) is 8.78 Å². The van der Waals surface area contributed by atoms with Gasteiger partial charge >= 0.3 is 12.5 Å². The Kier molecular flexibility index (Phi) is 9.05. The molecule has 1 aromatic carbocycles. The van der Waals surface area contributed by atoms with E-state index < -0.39 is 30.3 Å². The Balaban J connectivity index is 1.53. The van der Waals surface area contributed by atoms with E-state index in [0.29, 0.717) is 25.3 Å². The maximum Gasteiger partial charge on any atom is 0.414 e. The standard InChI is InChI=1S/C21H27F3N8O4/c1-3-30(8-7-27-29(2)18(33)13-31-9-6-26-28-31)17-5-4-14(10-16(17)22)32-12-15(36-21(32)35)11-25-20(34)19(23)24/h4-6,9-10,15,19,27H,3,7-8,11-13H2,1-2H3,(H,25,34)/t15-/m0/s1. The average Bonchev–Trinajstić information content (AvgIpc) is 3.49. The van der Waals surface area contributed by atoms with Gasteiger partial charge in [-0.25, -0.2) is 19.3 Å². The Bertz CT molecular complexity index is 1060. The van der Waals surface area contributed by atoms with Crippen LogP contribution in [0.25, 0.3) is 0 Å². The van der Waals surface area contributed by atoms with Crippen molar-refractivity contribution >= 4 is 29.3 Å². The number of carbonyl (C=O) groups excluding carboxylic acids is 3. The lowest BCUT2D eigenvalue weighted by atomic mass is 10.2. The van der Waals surface area contributed by atoms with Crippen LogP contribution in [0.3, 0.4) is 0 Å². The summed E-state index contributed by atoms with van der Waals surface area (Å²) >= 11 is 0. The number of benzene rings is 1. The van der Waals surface area contributed by atoms with Gasteiger partial charge in [0.25, 0.3) is 11.8 Å². The van der Waals surface area contributed by atoms with E-state index >= 15 is 0 Å². The third kappa shape index (κ3) is 6.84. The monoisotopic (exact) mass is 512 g/mol. The first kappa shape index (κ1) is 26.7. The van der Waals surface area contributed by atoms with Crippen LogP contribution in [-0.4, -0.2) is 90.2 Å². The third-order valence-electron chi connectivity index (χ3n) is 5.42. The Labute approximate surface area is 204 Å². The van der Waals surface area contributed by atoms with E-state index in [1.165, 1.54) is 32.9 Å². The lowest BCUT2D eigenvalue weighted by molar-refractivity contribution is -0.133. The zero-order valence-electron chi connectivity index (χ0n) is 19.7. The fourth-order valence-corrected chi connectivity index (χ4v) is 3.50. The van der Waals surface area contributed by atoms with Gasteiger partial charge in [0.1, 0.15) is 18.5 Å². The first-order chi connectivity index (χ1) is 17.2. The average molecular weight is 512 g/mol. The van der Waals surface area contributed by atoms with Crippen molar-refractivity contribution in [2.75, 3.05) is 49.6 Å². The van der Waals surface area contributed by atoms with Crippen molar-refractivity contribution in [2.45, 2.75) is 26.0 Å². The molecule has 0 unspecified atom stereocenters. The number of cyclic esters (lactones) is 1. The minimum absolute atomic E-state index is 0.0233. The maximum atomic E-state index is 15.0. The number of nitrogens with one attached hydrogen (secondary N) is 2. The lowest BCUT2D eigenvalue weighted by Crippen LogP contribution is -2.45. The minimum atomic E-state index is -3.17. The number of alkyl halides is 2. The highest BCUT2D eigenvalue weighted by molar-refractivity contribution is 5.90. The fraction of sp³-hybridized carbons (Fsp3) is 0.476. The van der Waals surface area contributed by atoms with Crippen LogP contribution < -0.4 is 20.5 Å². The van der Waals surface area contributed by atoms with Crippen molar-refractivity contribution < 1.29 is 32.3 Å². The molecule has 196 valence electrons. The topological polar surface area (TPSA) is 125 Å². The largest absolute Gasteiger partial charge is 0.442 e. The predicted molar refractivity (Wildman–Crippen MR) is 122 cm³/mol. The van der Waals surface area contributed by atoms with Gasteiger partial charge in [-0.3, -0.25) is 19.5 Å². The van der Waals surface area contributed by atoms with Crippen molar-refractivity contribution in [1.29, 1.82) is 0 Å². The van der Waals surface area contributed by atoms with Gasteiger partial charge in [0.15, 0.2) is 0 Å². The molecule has 12 nitrogen and oxygen atoms in total. The predicted octanol–water partition coefficient (Wildman–Crippen LogP) is 0.613. The van der Waals surface area contributed by atoms with Crippen LogP contribution in [0.2, 0.25) is 0 Å². The van der Waals surface area contributed by atoms with E-state index in [-0.39, 0.29) is 31.2 Å². The summed E-state index contributed by atoms with van der Waals surface area (Å²) in [6, 6.07) is 4.25. The minimum Gasteiger partial charge on any atom is -0.442 e.